The van der Waals surface area contributed by atoms with Gasteiger partial charge >= 0.3 is 5.69 Å². The van der Waals surface area contributed by atoms with E-state index in [2.05, 4.69) is 5.32 Å². The first-order valence-electron chi connectivity index (χ1n) is 6.59. The lowest BCUT2D eigenvalue weighted by molar-refractivity contribution is -0.385. The molecule has 2 N–H and O–H groups in total. The van der Waals surface area contributed by atoms with E-state index in [1.54, 1.807) is 12.1 Å². The van der Waals surface area contributed by atoms with Crippen molar-refractivity contribution in [3.05, 3.63) is 33.9 Å². The first-order chi connectivity index (χ1) is 9.33. The van der Waals surface area contributed by atoms with Crippen LogP contribution < -0.4 is 10.1 Å². The smallest absolute Gasteiger partial charge is 0.311 e. The first kappa shape index (κ1) is 16.4. The standard InChI is InChI=1S/C14H22N2O4/c1-14(2,3)15-10-11-5-6-13(20-8-4-7-17)12(9-11)16(18)19/h5-6,9,15,17H,4,7-8,10H2,1-3H3. The molecule has 20 heavy (non-hydrogen) atoms. The van der Waals surface area contributed by atoms with Crippen LogP contribution in [0.3, 0.4) is 0 Å². The van der Waals surface area contributed by atoms with Gasteiger partial charge in [0.1, 0.15) is 0 Å². The number of hydrogen-bond donors (Lipinski definition) is 2. The fourth-order valence-corrected chi connectivity index (χ4v) is 1.55. The summed E-state index contributed by atoms with van der Waals surface area (Å²) >= 11 is 0. The maximum absolute atomic E-state index is 11.1. The lowest BCUT2D eigenvalue weighted by Gasteiger charge is -2.20. The molecule has 0 bridgehead atoms. The molecular formula is C14H22N2O4. The number of nitro benzene ring substituents is 1. The zero-order chi connectivity index (χ0) is 15.2. The Hall–Kier alpha value is -1.66. The first-order valence-corrected chi connectivity index (χ1v) is 6.59. The molecule has 0 saturated carbocycles. The van der Waals surface area contributed by atoms with Gasteiger partial charge in [-0.2, -0.15) is 0 Å². The molecule has 0 radical (unpaired) electrons. The monoisotopic (exact) mass is 282 g/mol. The number of hydrogen-bond acceptors (Lipinski definition) is 5. The highest BCUT2D eigenvalue weighted by Gasteiger charge is 2.17. The quantitative estimate of drug-likeness (QED) is 0.455. The minimum absolute atomic E-state index is 0.00137. The molecule has 1 aromatic carbocycles. The van der Waals surface area contributed by atoms with E-state index in [9.17, 15) is 10.1 Å². The van der Waals surface area contributed by atoms with Crippen molar-refractivity contribution in [1.82, 2.24) is 5.32 Å². The third kappa shape index (κ3) is 5.54. The van der Waals surface area contributed by atoms with Crippen molar-refractivity contribution in [2.45, 2.75) is 39.3 Å². The summed E-state index contributed by atoms with van der Waals surface area (Å²) in [4.78, 5) is 10.6. The number of nitrogens with one attached hydrogen (secondary N) is 1. The van der Waals surface area contributed by atoms with Gasteiger partial charge in [-0.3, -0.25) is 10.1 Å². The predicted molar refractivity (Wildman–Crippen MR) is 76.9 cm³/mol. The average Bonchev–Trinajstić information content (AvgIpc) is 2.36. The molecule has 0 fully saturated rings. The van der Waals surface area contributed by atoms with Gasteiger partial charge in [0.05, 0.1) is 11.5 Å². The van der Waals surface area contributed by atoms with Crippen molar-refractivity contribution in [1.29, 1.82) is 0 Å². The topological polar surface area (TPSA) is 84.6 Å². The highest BCUT2D eigenvalue weighted by molar-refractivity contribution is 5.48. The minimum Gasteiger partial charge on any atom is -0.487 e. The highest BCUT2D eigenvalue weighted by Crippen LogP contribution is 2.28. The van der Waals surface area contributed by atoms with Gasteiger partial charge in [0.15, 0.2) is 5.75 Å². The second-order valence-corrected chi connectivity index (χ2v) is 5.59. The van der Waals surface area contributed by atoms with Gasteiger partial charge in [0.25, 0.3) is 0 Å². The molecular weight excluding hydrogens is 260 g/mol. The molecule has 0 aliphatic heterocycles. The summed E-state index contributed by atoms with van der Waals surface area (Å²) in [5.74, 6) is 0.239. The van der Waals surface area contributed by atoms with Crippen LogP contribution in [0.15, 0.2) is 18.2 Å². The van der Waals surface area contributed by atoms with Gasteiger partial charge in [0, 0.05) is 31.2 Å². The molecule has 112 valence electrons. The number of rotatable bonds is 7. The molecule has 0 saturated heterocycles. The molecule has 0 aliphatic rings. The molecule has 0 unspecified atom stereocenters. The van der Waals surface area contributed by atoms with Crippen LogP contribution in [0.4, 0.5) is 5.69 Å². The van der Waals surface area contributed by atoms with E-state index in [4.69, 9.17) is 9.84 Å². The predicted octanol–water partition coefficient (Wildman–Crippen LogP) is 2.24. The third-order valence-electron chi connectivity index (χ3n) is 2.60. The summed E-state index contributed by atoms with van der Waals surface area (Å²) in [6.45, 7) is 6.93. The number of nitrogens with zero attached hydrogens (tertiary/aromatic N) is 1. The van der Waals surface area contributed by atoms with E-state index in [0.29, 0.717) is 13.0 Å². The Morgan fingerprint density at radius 1 is 1.40 bits per heavy atom. The van der Waals surface area contributed by atoms with Crippen molar-refractivity contribution < 1.29 is 14.8 Å². The van der Waals surface area contributed by atoms with Crippen LogP contribution in [0, 0.1) is 10.1 Å². The zero-order valence-corrected chi connectivity index (χ0v) is 12.2. The fraction of sp³-hybridized carbons (Fsp3) is 0.571. The van der Waals surface area contributed by atoms with Gasteiger partial charge in [-0.25, -0.2) is 0 Å². The number of benzene rings is 1. The lowest BCUT2D eigenvalue weighted by atomic mass is 10.1. The van der Waals surface area contributed by atoms with E-state index in [1.165, 1.54) is 6.07 Å². The van der Waals surface area contributed by atoms with Crippen LogP contribution in [0.1, 0.15) is 32.8 Å². The van der Waals surface area contributed by atoms with Crippen LogP contribution >= 0.6 is 0 Å². The van der Waals surface area contributed by atoms with Crippen molar-refractivity contribution in [3.63, 3.8) is 0 Å². The Morgan fingerprint density at radius 2 is 2.10 bits per heavy atom. The number of aliphatic hydroxyl groups is 1. The minimum atomic E-state index is -0.450. The van der Waals surface area contributed by atoms with E-state index < -0.39 is 4.92 Å². The molecule has 0 spiro atoms. The Morgan fingerprint density at radius 3 is 2.65 bits per heavy atom. The second-order valence-electron chi connectivity index (χ2n) is 5.59. The Bertz CT molecular complexity index is 455. The van der Waals surface area contributed by atoms with Crippen molar-refractivity contribution in [2.24, 2.45) is 0 Å². The van der Waals surface area contributed by atoms with Crippen molar-refractivity contribution in [3.8, 4) is 5.75 Å². The summed E-state index contributed by atoms with van der Waals surface area (Å²) < 4.78 is 5.32. The number of aliphatic hydroxyl groups excluding tert-OH is 1. The Labute approximate surface area is 118 Å². The summed E-state index contributed by atoms with van der Waals surface area (Å²) in [5, 5.41) is 23.0. The summed E-state index contributed by atoms with van der Waals surface area (Å²) in [5.41, 5.74) is 0.739. The zero-order valence-electron chi connectivity index (χ0n) is 12.2. The molecule has 0 aliphatic carbocycles. The fourth-order valence-electron chi connectivity index (χ4n) is 1.55. The largest absolute Gasteiger partial charge is 0.487 e. The van der Waals surface area contributed by atoms with Gasteiger partial charge in [-0.15, -0.1) is 0 Å². The van der Waals surface area contributed by atoms with Crippen LogP contribution in [-0.2, 0) is 6.54 Å². The maximum Gasteiger partial charge on any atom is 0.311 e. The van der Waals surface area contributed by atoms with Crippen molar-refractivity contribution >= 4 is 5.69 Å². The molecule has 1 rings (SSSR count). The second kappa shape index (κ2) is 7.21. The molecule has 0 amide bonds. The average molecular weight is 282 g/mol. The van der Waals surface area contributed by atoms with E-state index >= 15 is 0 Å². The van der Waals surface area contributed by atoms with Crippen LogP contribution in [0.5, 0.6) is 5.75 Å². The van der Waals surface area contributed by atoms with E-state index in [1.807, 2.05) is 20.8 Å². The molecule has 1 aromatic rings. The van der Waals surface area contributed by atoms with Gasteiger partial charge < -0.3 is 15.2 Å². The third-order valence-corrected chi connectivity index (χ3v) is 2.60. The summed E-state index contributed by atoms with van der Waals surface area (Å²) in [7, 11) is 0. The Kier molecular flexibility index (Phi) is 5.91. The van der Waals surface area contributed by atoms with Gasteiger partial charge in [-0.05, 0) is 32.4 Å². The summed E-state index contributed by atoms with van der Waals surface area (Å²) in [6, 6.07) is 4.93. The number of ether oxygens (including phenoxy) is 1. The highest BCUT2D eigenvalue weighted by atomic mass is 16.6. The van der Waals surface area contributed by atoms with Gasteiger partial charge in [0.2, 0.25) is 0 Å². The molecule has 6 nitrogen and oxygen atoms in total. The lowest BCUT2D eigenvalue weighted by Crippen LogP contribution is -2.35. The number of nitro groups is 1. The van der Waals surface area contributed by atoms with Crippen LogP contribution in [0.25, 0.3) is 0 Å². The van der Waals surface area contributed by atoms with Crippen molar-refractivity contribution in [2.75, 3.05) is 13.2 Å². The van der Waals surface area contributed by atoms with Crippen LogP contribution in [-0.4, -0.2) is 28.8 Å². The van der Waals surface area contributed by atoms with Gasteiger partial charge in [-0.1, -0.05) is 6.07 Å². The molecule has 0 heterocycles. The summed E-state index contributed by atoms with van der Waals surface area (Å²) in [6.07, 6.45) is 0.449. The molecule has 6 heteroatoms. The van der Waals surface area contributed by atoms with E-state index in [-0.39, 0.29) is 30.2 Å². The Balaban J connectivity index is 2.81. The maximum atomic E-state index is 11.1. The molecule has 0 atom stereocenters. The SMILES string of the molecule is CC(C)(C)NCc1ccc(OCCCO)c([N+](=O)[O-])c1. The molecule has 0 aromatic heterocycles. The normalized spacial score (nSPS) is 11.4. The van der Waals surface area contributed by atoms with E-state index in [0.717, 1.165) is 5.56 Å². The van der Waals surface area contributed by atoms with Crippen LogP contribution in [0.2, 0.25) is 0 Å².